The van der Waals surface area contributed by atoms with Gasteiger partial charge in [-0.1, -0.05) is 29.8 Å². The lowest BCUT2D eigenvalue weighted by Crippen LogP contribution is -2.15. The average Bonchev–Trinajstić information content (AvgIpc) is 1.87. The minimum Gasteiger partial charge on any atom is -0.297 e. The van der Waals surface area contributed by atoms with Gasteiger partial charge in [0.15, 0.2) is 0 Å². The van der Waals surface area contributed by atoms with Crippen LogP contribution < -0.4 is 5.48 Å². The molecule has 0 aromatic heterocycles. The van der Waals surface area contributed by atoms with Gasteiger partial charge in [-0.2, -0.15) is 5.48 Å². The molecule has 0 heterocycles. The van der Waals surface area contributed by atoms with Gasteiger partial charge in [0.25, 0.3) is 0 Å². The minimum absolute atomic E-state index is 0.538. The lowest BCUT2D eigenvalue weighted by molar-refractivity contribution is 0.0661. The molecule has 0 saturated carbocycles. The first-order chi connectivity index (χ1) is 4.77. The molecule has 2 nitrogen and oxygen atoms in total. The van der Waals surface area contributed by atoms with E-state index >= 15 is 0 Å². The molecule has 0 aliphatic carbocycles. The molecule has 3 heteroatoms. The van der Waals surface area contributed by atoms with Crippen molar-refractivity contribution in [3.8, 4) is 0 Å². The van der Waals surface area contributed by atoms with E-state index in [1.807, 2.05) is 6.92 Å². The van der Waals surface area contributed by atoms with Gasteiger partial charge in [-0.3, -0.25) is 4.84 Å². The first kappa shape index (κ1) is 9.69. The number of hydroxylamine groups is 1. The van der Waals surface area contributed by atoms with Crippen molar-refractivity contribution in [1.82, 2.24) is 5.48 Å². The molecular weight excluding hydrogens is 150 g/mol. The van der Waals surface area contributed by atoms with E-state index in [4.69, 9.17) is 16.4 Å². The van der Waals surface area contributed by atoms with Crippen LogP contribution in [0.2, 0.25) is 0 Å². The number of halogens is 1. The van der Waals surface area contributed by atoms with Crippen molar-refractivity contribution in [2.24, 2.45) is 0 Å². The van der Waals surface area contributed by atoms with Crippen LogP contribution in [0.15, 0.2) is 23.8 Å². The number of rotatable bonds is 5. The molecule has 0 spiro atoms. The SMILES string of the molecule is C=C(C)CONC/C=C/Cl. The van der Waals surface area contributed by atoms with Crippen LogP contribution >= 0.6 is 11.6 Å². The van der Waals surface area contributed by atoms with Crippen LogP contribution in [0.3, 0.4) is 0 Å². The second kappa shape index (κ2) is 6.81. The third-order valence-electron chi connectivity index (χ3n) is 0.711. The summed E-state index contributed by atoms with van der Waals surface area (Å²) in [6.45, 7) is 6.73. The molecule has 0 aliphatic rings. The largest absolute Gasteiger partial charge is 0.297 e. The highest BCUT2D eigenvalue weighted by Crippen LogP contribution is 1.84. The third-order valence-corrected chi connectivity index (χ3v) is 0.889. The van der Waals surface area contributed by atoms with E-state index in [-0.39, 0.29) is 0 Å². The first-order valence-electron chi connectivity index (χ1n) is 3.01. The Hall–Kier alpha value is -0.310. The molecular formula is C7H12ClNO. The Labute approximate surface area is 66.5 Å². The summed E-state index contributed by atoms with van der Waals surface area (Å²) in [5.41, 5.74) is 5.12. The quantitative estimate of drug-likeness (QED) is 0.378. The molecule has 0 amide bonds. The summed E-state index contributed by atoms with van der Waals surface area (Å²) in [6.07, 6.45) is 1.75. The molecule has 0 atom stereocenters. The van der Waals surface area contributed by atoms with E-state index < -0.39 is 0 Å². The highest BCUT2D eigenvalue weighted by Gasteiger charge is 1.83. The fraction of sp³-hybridized carbons (Fsp3) is 0.429. The Morgan fingerprint density at radius 3 is 3.00 bits per heavy atom. The van der Waals surface area contributed by atoms with Gasteiger partial charge >= 0.3 is 0 Å². The topological polar surface area (TPSA) is 21.3 Å². The van der Waals surface area contributed by atoms with Crippen LogP contribution in [-0.4, -0.2) is 13.2 Å². The van der Waals surface area contributed by atoms with Crippen LogP contribution in [0.25, 0.3) is 0 Å². The van der Waals surface area contributed by atoms with Crippen LogP contribution in [0.1, 0.15) is 6.92 Å². The van der Waals surface area contributed by atoms with Crippen molar-refractivity contribution in [3.05, 3.63) is 23.8 Å². The minimum atomic E-state index is 0.538. The highest BCUT2D eigenvalue weighted by molar-refractivity contribution is 6.25. The standard InChI is InChI=1S/C7H12ClNO/c1-7(2)6-10-9-5-3-4-8/h3-4,9H,1,5-6H2,2H3/b4-3+. The fourth-order valence-corrected chi connectivity index (χ4v) is 0.415. The van der Waals surface area contributed by atoms with Gasteiger partial charge in [-0.05, 0) is 6.92 Å². The summed E-state index contributed by atoms with van der Waals surface area (Å²) in [7, 11) is 0. The van der Waals surface area contributed by atoms with Gasteiger partial charge < -0.3 is 0 Å². The summed E-state index contributed by atoms with van der Waals surface area (Å²) >= 11 is 5.25. The van der Waals surface area contributed by atoms with Crippen LogP contribution in [0.4, 0.5) is 0 Å². The van der Waals surface area contributed by atoms with Crippen LogP contribution in [0.5, 0.6) is 0 Å². The monoisotopic (exact) mass is 161 g/mol. The maximum absolute atomic E-state index is 5.25. The predicted molar refractivity (Wildman–Crippen MR) is 43.8 cm³/mol. The number of hydrogen-bond donors (Lipinski definition) is 1. The highest BCUT2D eigenvalue weighted by atomic mass is 35.5. The van der Waals surface area contributed by atoms with Gasteiger partial charge in [0.1, 0.15) is 0 Å². The van der Waals surface area contributed by atoms with Gasteiger partial charge in [-0.15, -0.1) is 0 Å². The molecule has 0 aromatic rings. The summed E-state index contributed by atoms with van der Waals surface area (Å²) in [4.78, 5) is 4.94. The molecule has 0 radical (unpaired) electrons. The zero-order chi connectivity index (χ0) is 7.82. The van der Waals surface area contributed by atoms with E-state index in [9.17, 15) is 0 Å². The molecule has 0 aliphatic heterocycles. The van der Waals surface area contributed by atoms with Crippen LogP contribution in [-0.2, 0) is 4.84 Å². The molecule has 0 bridgehead atoms. The van der Waals surface area contributed by atoms with Crippen molar-refractivity contribution in [3.63, 3.8) is 0 Å². The Balaban J connectivity index is 2.98. The van der Waals surface area contributed by atoms with Gasteiger partial charge in [0.05, 0.1) is 6.61 Å². The van der Waals surface area contributed by atoms with Crippen LogP contribution in [0, 0.1) is 0 Å². The fourth-order valence-electron chi connectivity index (χ4n) is 0.326. The van der Waals surface area contributed by atoms with Gasteiger partial charge in [0.2, 0.25) is 0 Å². The third kappa shape index (κ3) is 7.69. The zero-order valence-corrected chi connectivity index (χ0v) is 6.82. The Morgan fingerprint density at radius 1 is 1.80 bits per heavy atom. The predicted octanol–water partition coefficient (Wildman–Crippen LogP) is 1.84. The Morgan fingerprint density at radius 2 is 2.50 bits per heavy atom. The van der Waals surface area contributed by atoms with Crippen molar-refractivity contribution < 1.29 is 4.84 Å². The van der Waals surface area contributed by atoms with E-state index in [0.717, 1.165) is 5.57 Å². The molecule has 1 N–H and O–H groups in total. The van der Waals surface area contributed by atoms with Crippen molar-refractivity contribution in [2.75, 3.05) is 13.2 Å². The smallest absolute Gasteiger partial charge is 0.0887 e. The normalized spacial score (nSPS) is 10.6. The van der Waals surface area contributed by atoms with Gasteiger partial charge in [0, 0.05) is 12.1 Å². The maximum Gasteiger partial charge on any atom is 0.0887 e. The van der Waals surface area contributed by atoms with E-state index in [0.29, 0.717) is 13.2 Å². The zero-order valence-electron chi connectivity index (χ0n) is 6.06. The van der Waals surface area contributed by atoms with Crippen molar-refractivity contribution >= 4 is 11.6 Å². The van der Waals surface area contributed by atoms with Crippen molar-refractivity contribution in [1.29, 1.82) is 0 Å². The summed E-state index contributed by atoms with van der Waals surface area (Å²) < 4.78 is 0. The second-order valence-corrected chi connectivity index (χ2v) is 2.21. The van der Waals surface area contributed by atoms with Crippen molar-refractivity contribution in [2.45, 2.75) is 6.92 Å². The maximum atomic E-state index is 5.25. The molecule has 0 rings (SSSR count). The summed E-state index contributed by atoms with van der Waals surface area (Å²) in [5.74, 6) is 0. The molecule has 0 saturated heterocycles. The number of nitrogens with one attached hydrogen (secondary N) is 1. The lowest BCUT2D eigenvalue weighted by atomic mass is 10.4. The van der Waals surface area contributed by atoms with E-state index in [1.54, 1.807) is 6.08 Å². The average molecular weight is 162 g/mol. The first-order valence-corrected chi connectivity index (χ1v) is 3.45. The summed E-state index contributed by atoms with van der Waals surface area (Å²) in [6, 6.07) is 0. The van der Waals surface area contributed by atoms with E-state index in [2.05, 4.69) is 12.1 Å². The number of hydrogen-bond acceptors (Lipinski definition) is 2. The lowest BCUT2D eigenvalue weighted by Gasteiger charge is -2.00. The Bertz CT molecular complexity index is 123. The van der Waals surface area contributed by atoms with Gasteiger partial charge in [-0.25, -0.2) is 0 Å². The van der Waals surface area contributed by atoms with E-state index in [1.165, 1.54) is 5.54 Å². The molecule has 0 unspecified atom stereocenters. The molecule has 58 valence electrons. The molecule has 0 fully saturated rings. The summed E-state index contributed by atoms with van der Waals surface area (Å²) in [5, 5.41) is 0. The second-order valence-electron chi connectivity index (χ2n) is 1.96. The molecule has 0 aromatic carbocycles. The Kier molecular flexibility index (Phi) is 6.59. The molecule has 10 heavy (non-hydrogen) atoms.